The summed E-state index contributed by atoms with van der Waals surface area (Å²) in [7, 11) is 0. The Morgan fingerprint density at radius 3 is 2.96 bits per heavy atom. The number of aromatic nitrogens is 2. The number of hydrogen-bond donors (Lipinski definition) is 1. The number of fused-ring (bicyclic) bond motifs is 1. The summed E-state index contributed by atoms with van der Waals surface area (Å²) in [5, 5.41) is 3.19. The highest BCUT2D eigenvalue weighted by molar-refractivity contribution is 7.19. The van der Waals surface area contributed by atoms with Crippen LogP contribution in [0, 0.1) is 5.82 Å². The summed E-state index contributed by atoms with van der Waals surface area (Å²) in [5.41, 5.74) is 1.01. The molecule has 7 heteroatoms. The van der Waals surface area contributed by atoms with Crippen LogP contribution in [0.4, 0.5) is 9.52 Å². The van der Waals surface area contributed by atoms with Crippen LogP contribution >= 0.6 is 11.3 Å². The number of nitrogens with one attached hydrogen (secondary N) is 1. The molecule has 2 aromatic heterocycles. The van der Waals surface area contributed by atoms with Crippen molar-refractivity contribution in [2.45, 2.75) is 18.9 Å². The van der Waals surface area contributed by atoms with Gasteiger partial charge in [0.05, 0.1) is 10.6 Å². The molecular formula is C18H14FN3O2S. The van der Waals surface area contributed by atoms with Crippen LogP contribution in [0.2, 0.25) is 0 Å². The summed E-state index contributed by atoms with van der Waals surface area (Å²) in [6, 6.07) is 9.49. The molecule has 1 atom stereocenters. The number of Topliss-reactive ketones (excluding diaryl/α,β-unsaturated/α-hetero) is 1. The molecule has 126 valence electrons. The first-order valence-corrected chi connectivity index (χ1v) is 8.67. The largest absolute Gasteiger partial charge is 0.333 e. The minimum atomic E-state index is -0.441. The Balaban J connectivity index is 1.54. The van der Waals surface area contributed by atoms with Gasteiger partial charge in [0.1, 0.15) is 11.9 Å². The Bertz CT molecular complexity index is 963. The lowest BCUT2D eigenvalue weighted by atomic mass is 10.0. The third-order valence-electron chi connectivity index (χ3n) is 4.22. The molecule has 3 heterocycles. The molecule has 1 N–H and O–H groups in total. The van der Waals surface area contributed by atoms with Crippen molar-refractivity contribution >= 4 is 28.2 Å². The standard InChI is InChI=1S/C18H14FN3O2S/c19-12-5-2-1-4-11(12)16-10-20-18(25-16)21-17(24)14-7-8-15(23)13-6-3-9-22(13)14/h1-6,9-10,14H,7-8H2,(H,20,21,24). The Kier molecular flexibility index (Phi) is 3.93. The van der Waals surface area contributed by atoms with E-state index in [4.69, 9.17) is 0 Å². The van der Waals surface area contributed by atoms with Crippen LogP contribution in [0.25, 0.3) is 10.4 Å². The zero-order valence-corrected chi connectivity index (χ0v) is 13.9. The first-order valence-electron chi connectivity index (χ1n) is 7.85. The molecule has 25 heavy (non-hydrogen) atoms. The van der Waals surface area contributed by atoms with Gasteiger partial charge in [0.25, 0.3) is 0 Å². The van der Waals surface area contributed by atoms with Gasteiger partial charge in [-0.2, -0.15) is 0 Å². The van der Waals surface area contributed by atoms with Crippen molar-refractivity contribution < 1.29 is 14.0 Å². The average Bonchev–Trinajstić information content (AvgIpc) is 3.25. The maximum atomic E-state index is 13.9. The second-order valence-electron chi connectivity index (χ2n) is 5.78. The van der Waals surface area contributed by atoms with Crippen molar-refractivity contribution in [3.05, 3.63) is 60.3 Å². The number of ketones is 1. The fourth-order valence-electron chi connectivity index (χ4n) is 3.00. The highest BCUT2D eigenvalue weighted by atomic mass is 32.1. The van der Waals surface area contributed by atoms with E-state index in [1.165, 1.54) is 17.4 Å². The quantitative estimate of drug-likeness (QED) is 0.775. The zero-order chi connectivity index (χ0) is 17.4. The van der Waals surface area contributed by atoms with Gasteiger partial charge in [0.15, 0.2) is 10.9 Å². The molecule has 0 saturated carbocycles. The maximum absolute atomic E-state index is 13.9. The van der Waals surface area contributed by atoms with Crippen molar-refractivity contribution in [1.29, 1.82) is 0 Å². The van der Waals surface area contributed by atoms with Crippen molar-refractivity contribution in [2.24, 2.45) is 0 Å². The van der Waals surface area contributed by atoms with E-state index in [-0.39, 0.29) is 17.5 Å². The topological polar surface area (TPSA) is 64.0 Å². The van der Waals surface area contributed by atoms with Gasteiger partial charge in [0, 0.05) is 24.4 Å². The third-order valence-corrected chi connectivity index (χ3v) is 5.17. The second kappa shape index (κ2) is 6.25. The molecule has 4 rings (SSSR count). The van der Waals surface area contributed by atoms with Crippen LogP contribution in [0.5, 0.6) is 0 Å². The van der Waals surface area contributed by atoms with Crippen LogP contribution in [0.3, 0.4) is 0 Å². The van der Waals surface area contributed by atoms with Gasteiger partial charge in [-0.25, -0.2) is 9.37 Å². The van der Waals surface area contributed by atoms with E-state index >= 15 is 0 Å². The van der Waals surface area contributed by atoms with E-state index in [9.17, 15) is 14.0 Å². The van der Waals surface area contributed by atoms with Gasteiger partial charge >= 0.3 is 0 Å². The number of benzene rings is 1. The molecule has 0 radical (unpaired) electrons. The molecule has 1 aliphatic rings. The number of carbonyl (C=O) groups is 2. The van der Waals surface area contributed by atoms with Gasteiger partial charge in [-0.1, -0.05) is 29.5 Å². The lowest BCUT2D eigenvalue weighted by Crippen LogP contribution is -2.31. The Hall–Kier alpha value is -2.80. The number of hydrogen-bond acceptors (Lipinski definition) is 4. The average molecular weight is 355 g/mol. The van der Waals surface area contributed by atoms with E-state index in [1.807, 2.05) is 0 Å². The van der Waals surface area contributed by atoms with Crippen LogP contribution in [-0.4, -0.2) is 21.2 Å². The molecule has 0 fully saturated rings. The van der Waals surface area contributed by atoms with E-state index in [1.54, 1.807) is 47.3 Å². The SMILES string of the molecule is O=C1CCC(C(=O)Nc2ncc(-c3ccccc3F)s2)n2cccc21. The summed E-state index contributed by atoms with van der Waals surface area (Å²) in [6.07, 6.45) is 4.09. The van der Waals surface area contributed by atoms with Crippen molar-refractivity contribution in [3.8, 4) is 10.4 Å². The minimum Gasteiger partial charge on any atom is -0.333 e. The van der Waals surface area contributed by atoms with Crippen molar-refractivity contribution in [1.82, 2.24) is 9.55 Å². The molecule has 3 aromatic rings. The molecule has 0 saturated heterocycles. The smallest absolute Gasteiger partial charge is 0.249 e. The van der Waals surface area contributed by atoms with E-state index in [0.29, 0.717) is 34.1 Å². The van der Waals surface area contributed by atoms with Crippen LogP contribution in [0.1, 0.15) is 29.4 Å². The van der Waals surface area contributed by atoms with E-state index in [2.05, 4.69) is 10.3 Å². The number of rotatable bonds is 3. The molecular weight excluding hydrogens is 341 g/mol. The number of nitrogens with zero attached hydrogens (tertiary/aromatic N) is 2. The molecule has 0 bridgehead atoms. The molecule has 1 amide bonds. The van der Waals surface area contributed by atoms with Crippen LogP contribution < -0.4 is 5.32 Å². The van der Waals surface area contributed by atoms with Crippen molar-refractivity contribution in [3.63, 3.8) is 0 Å². The molecule has 1 unspecified atom stereocenters. The molecule has 1 aliphatic heterocycles. The number of thiazole rings is 1. The predicted molar refractivity (Wildman–Crippen MR) is 93.2 cm³/mol. The van der Waals surface area contributed by atoms with Gasteiger partial charge in [-0.15, -0.1) is 0 Å². The summed E-state index contributed by atoms with van der Waals surface area (Å²) < 4.78 is 15.6. The summed E-state index contributed by atoms with van der Waals surface area (Å²) in [5.74, 6) is -0.503. The first kappa shape index (κ1) is 15.7. The molecule has 5 nitrogen and oxygen atoms in total. The zero-order valence-electron chi connectivity index (χ0n) is 13.1. The summed E-state index contributed by atoms with van der Waals surface area (Å²) in [6.45, 7) is 0. The van der Waals surface area contributed by atoms with Gasteiger partial charge < -0.3 is 9.88 Å². The summed E-state index contributed by atoms with van der Waals surface area (Å²) >= 11 is 1.22. The first-order chi connectivity index (χ1) is 12.1. The Morgan fingerprint density at radius 2 is 2.12 bits per heavy atom. The number of halogens is 1. The number of amides is 1. The maximum Gasteiger partial charge on any atom is 0.249 e. The monoisotopic (exact) mass is 355 g/mol. The fraction of sp³-hybridized carbons (Fsp3) is 0.167. The van der Waals surface area contributed by atoms with E-state index < -0.39 is 6.04 Å². The fourth-order valence-corrected chi connectivity index (χ4v) is 3.85. The van der Waals surface area contributed by atoms with Gasteiger partial charge in [0.2, 0.25) is 5.91 Å². The Labute approximate surface area is 147 Å². The highest BCUT2D eigenvalue weighted by Crippen LogP contribution is 2.32. The molecule has 0 spiro atoms. The lowest BCUT2D eigenvalue weighted by Gasteiger charge is -2.24. The number of carbonyl (C=O) groups excluding carboxylic acids is 2. The lowest BCUT2D eigenvalue weighted by molar-refractivity contribution is -0.119. The van der Waals surface area contributed by atoms with Crippen LogP contribution in [0.15, 0.2) is 48.8 Å². The predicted octanol–water partition coefficient (Wildman–Crippen LogP) is 3.91. The van der Waals surface area contributed by atoms with E-state index in [0.717, 1.165) is 0 Å². The van der Waals surface area contributed by atoms with Crippen LogP contribution in [-0.2, 0) is 4.79 Å². The second-order valence-corrected chi connectivity index (χ2v) is 6.81. The highest BCUT2D eigenvalue weighted by Gasteiger charge is 2.29. The Morgan fingerprint density at radius 1 is 1.28 bits per heavy atom. The minimum absolute atomic E-state index is 0.0464. The van der Waals surface area contributed by atoms with Gasteiger partial charge in [-0.3, -0.25) is 9.59 Å². The normalized spacial score (nSPS) is 16.5. The van der Waals surface area contributed by atoms with Gasteiger partial charge in [-0.05, 0) is 24.6 Å². The number of anilines is 1. The summed E-state index contributed by atoms with van der Waals surface area (Å²) in [4.78, 5) is 29.3. The molecule has 1 aromatic carbocycles. The third kappa shape index (κ3) is 2.87. The molecule has 0 aliphatic carbocycles. The van der Waals surface area contributed by atoms with Crippen molar-refractivity contribution in [2.75, 3.05) is 5.32 Å².